The Balaban J connectivity index is 1.54. The summed E-state index contributed by atoms with van der Waals surface area (Å²) in [5, 5.41) is 12.2. The molecule has 4 heterocycles. The van der Waals surface area contributed by atoms with Crippen molar-refractivity contribution in [1.82, 2.24) is 20.2 Å². The lowest BCUT2D eigenvalue weighted by Crippen LogP contribution is -2.55. The molecule has 0 radical (unpaired) electrons. The maximum absolute atomic E-state index is 6.08. The molecule has 1 spiro atoms. The van der Waals surface area contributed by atoms with Gasteiger partial charge >= 0.3 is 0 Å². The van der Waals surface area contributed by atoms with Crippen LogP contribution in [-0.4, -0.2) is 58.7 Å². The molecule has 0 bridgehead atoms. The second-order valence-corrected chi connectivity index (χ2v) is 6.23. The van der Waals surface area contributed by atoms with Crippen LogP contribution in [0.3, 0.4) is 0 Å². The van der Waals surface area contributed by atoms with Crippen LogP contribution in [0, 0.1) is 6.92 Å². The van der Waals surface area contributed by atoms with Crippen molar-refractivity contribution < 1.29 is 13.9 Å². The van der Waals surface area contributed by atoms with Gasteiger partial charge in [-0.3, -0.25) is 0 Å². The predicted molar refractivity (Wildman–Crippen MR) is 81.3 cm³/mol. The van der Waals surface area contributed by atoms with Gasteiger partial charge in [0.25, 0.3) is 0 Å². The van der Waals surface area contributed by atoms with E-state index in [9.17, 15) is 0 Å². The van der Waals surface area contributed by atoms with Gasteiger partial charge in [0, 0.05) is 32.6 Å². The van der Waals surface area contributed by atoms with Gasteiger partial charge in [-0.2, -0.15) is 0 Å². The molecule has 4 rings (SSSR count). The molecule has 0 unspecified atom stereocenters. The summed E-state index contributed by atoms with van der Waals surface area (Å²) in [5.74, 6) is 1.66. The summed E-state index contributed by atoms with van der Waals surface area (Å²) in [7, 11) is 0. The van der Waals surface area contributed by atoms with Gasteiger partial charge in [-0.15, -0.1) is 0 Å². The van der Waals surface area contributed by atoms with Crippen LogP contribution in [0.1, 0.15) is 24.2 Å². The maximum Gasteiger partial charge on any atom is 0.246 e. The standard InChI is InChI=1S/C15H21N5O3/c1-12-2-6-22-13(12)10-20-14(16-17-18-20)19-5-9-23-15(11-19)3-7-21-8-4-15/h2,6H,3-5,7-11H2,1H3. The lowest BCUT2D eigenvalue weighted by Gasteiger charge is -2.44. The summed E-state index contributed by atoms with van der Waals surface area (Å²) in [5.41, 5.74) is 0.975. The fourth-order valence-corrected chi connectivity index (χ4v) is 3.29. The van der Waals surface area contributed by atoms with Gasteiger partial charge in [0.05, 0.1) is 25.0 Å². The Kier molecular flexibility index (Phi) is 3.78. The second kappa shape index (κ2) is 5.93. The van der Waals surface area contributed by atoms with E-state index < -0.39 is 0 Å². The van der Waals surface area contributed by atoms with Crippen molar-refractivity contribution in [3.05, 3.63) is 23.7 Å². The number of aromatic nitrogens is 4. The summed E-state index contributed by atoms with van der Waals surface area (Å²) >= 11 is 0. The molecule has 0 aliphatic carbocycles. The van der Waals surface area contributed by atoms with Crippen LogP contribution in [0.5, 0.6) is 0 Å². The normalized spacial score (nSPS) is 21.0. The first-order valence-electron chi connectivity index (χ1n) is 8.02. The van der Waals surface area contributed by atoms with Crippen LogP contribution in [0.2, 0.25) is 0 Å². The fourth-order valence-electron chi connectivity index (χ4n) is 3.29. The number of hydrogen-bond acceptors (Lipinski definition) is 7. The first-order valence-corrected chi connectivity index (χ1v) is 8.02. The van der Waals surface area contributed by atoms with E-state index in [4.69, 9.17) is 13.9 Å². The number of rotatable bonds is 3. The van der Waals surface area contributed by atoms with Crippen LogP contribution < -0.4 is 4.90 Å². The summed E-state index contributed by atoms with van der Waals surface area (Å²) in [6, 6.07) is 1.95. The first-order chi connectivity index (χ1) is 11.3. The molecule has 2 aliphatic heterocycles. The Hall–Kier alpha value is -1.93. The third-order valence-electron chi connectivity index (χ3n) is 4.71. The number of furan rings is 1. The Morgan fingerprint density at radius 2 is 2.13 bits per heavy atom. The van der Waals surface area contributed by atoms with Crippen LogP contribution in [0.15, 0.2) is 16.7 Å². The minimum absolute atomic E-state index is 0.131. The van der Waals surface area contributed by atoms with Crippen molar-refractivity contribution in [2.45, 2.75) is 31.9 Å². The van der Waals surface area contributed by atoms with E-state index >= 15 is 0 Å². The first kappa shape index (κ1) is 14.6. The minimum Gasteiger partial charge on any atom is -0.467 e. The van der Waals surface area contributed by atoms with Gasteiger partial charge in [0.2, 0.25) is 5.95 Å². The van der Waals surface area contributed by atoms with Crippen molar-refractivity contribution in [3.63, 3.8) is 0 Å². The highest BCUT2D eigenvalue weighted by Crippen LogP contribution is 2.30. The SMILES string of the molecule is Cc1ccoc1Cn1nnnc1N1CCOC2(CCOCC2)C1. The molecular weight excluding hydrogens is 298 g/mol. The molecule has 2 aromatic heterocycles. The average molecular weight is 319 g/mol. The zero-order valence-electron chi connectivity index (χ0n) is 13.3. The van der Waals surface area contributed by atoms with Gasteiger partial charge in [-0.05, 0) is 29.0 Å². The van der Waals surface area contributed by atoms with E-state index in [2.05, 4.69) is 20.4 Å². The maximum atomic E-state index is 6.08. The molecule has 124 valence electrons. The smallest absolute Gasteiger partial charge is 0.246 e. The summed E-state index contributed by atoms with van der Waals surface area (Å²) in [6.07, 6.45) is 3.53. The van der Waals surface area contributed by atoms with Gasteiger partial charge in [0.1, 0.15) is 12.3 Å². The summed E-state index contributed by atoms with van der Waals surface area (Å²) in [4.78, 5) is 2.22. The minimum atomic E-state index is -0.131. The van der Waals surface area contributed by atoms with Crippen molar-refractivity contribution in [2.75, 3.05) is 37.8 Å². The number of anilines is 1. The highest BCUT2D eigenvalue weighted by molar-refractivity contribution is 5.31. The molecule has 8 heteroatoms. The molecule has 0 amide bonds. The van der Waals surface area contributed by atoms with Crippen molar-refractivity contribution >= 4 is 5.95 Å². The van der Waals surface area contributed by atoms with E-state index in [1.807, 2.05) is 13.0 Å². The molecule has 0 saturated carbocycles. The number of tetrazole rings is 1. The van der Waals surface area contributed by atoms with E-state index in [0.29, 0.717) is 13.2 Å². The molecule has 2 fully saturated rings. The Morgan fingerprint density at radius 3 is 2.91 bits per heavy atom. The van der Waals surface area contributed by atoms with Gasteiger partial charge in [-0.25, -0.2) is 4.68 Å². The summed E-state index contributed by atoms with van der Waals surface area (Å²) < 4.78 is 18.9. The monoisotopic (exact) mass is 319 g/mol. The van der Waals surface area contributed by atoms with Gasteiger partial charge in [-0.1, -0.05) is 5.10 Å². The molecule has 23 heavy (non-hydrogen) atoms. The van der Waals surface area contributed by atoms with Crippen molar-refractivity contribution in [3.8, 4) is 0 Å². The highest BCUT2D eigenvalue weighted by atomic mass is 16.5. The number of ether oxygens (including phenoxy) is 2. The van der Waals surface area contributed by atoms with Crippen molar-refractivity contribution in [1.29, 1.82) is 0 Å². The van der Waals surface area contributed by atoms with Crippen LogP contribution in [0.4, 0.5) is 5.95 Å². The Bertz CT molecular complexity index is 656. The largest absolute Gasteiger partial charge is 0.467 e. The van der Waals surface area contributed by atoms with E-state index in [1.54, 1.807) is 10.9 Å². The number of nitrogens with zero attached hydrogens (tertiary/aromatic N) is 5. The van der Waals surface area contributed by atoms with E-state index in [0.717, 1.165) is 56.4 Å². The lowest BCUT2D eigenvalue weighted by atomic mass is 9.92. The molecule has 8 nitrogen and oxygen atoms in total. The Morgan fingerprint density at radius 1 is 1.26 bits per heavy atom. The quantitative estimate of drug-likeness (QED) is 0.835. The summed E-state index contributed by atoms with van der Waals surface area (Å²) in [6.45, 7) is 6.35. The van der Waals surface area contributed by atoms with Gasteiger partial charge in [0.15, 0.2) is 0 Å². The predicted octanol–water partition coefficient (Wildman–Crippen LogP) is 1.01. The second-order valence-electron chi connectivity index (χ2n) is 6.23. The molecule has 2 aliphatic rings. The molecule has 0 aromatic carbocycles. The van der Waals surface area contributed by atoms with Crippen LogP contribution in [0.25, 0.3) is 0 Å². The molecular formula is C15H21N5O3. The molecule has 0 atom stereocenters. The molecule has 2 aromatic rings. The molecule has 0 N–H and O–H groups in total. The van der Waals surface area contributed by atoms with Crippen LogP contribution >= 0.6 is 0 Å². The van der Waals surface area contributed by atoms with Crippen LogP contribution in [-0.2, 0) is 16.0 Å². The fraction of sp³-hybridized carbons (Fsp3) is 0.667. The lowest BCUT2D eigenvalue weighted by molar-refractivity contribution is -0.116. The third kappa shape index (κ3) is 2.84. The highest BCUT2D eigenvalue weighted by Gasteiger charge is 2.39. The Labute approximate surface area is 134 Å². The van der Waals surface area contributed by atoms with E-state index in [-0.39, 0.29) is 5.60 Å². The number of hydrogen-bond donors (Lipinski definition) is 0. The number of morpholine rings is 1. The molecule has 2 saturated heterocycles. The third-order valence-corrected chi connectivity index (χ3v) is 4.71. The zero-order valence-corrected chi connectivity index (χ0v) is 13.3. The van der Waals surface area contributed by atoms with Crippen molar-refractivity contribution in [2.24, 2.45) is 0 Å². The number of aryl methyl sites for hydroxylation is 1. The average Bonchev–Trinajstić information content (AvgIpc) is 3.18. The van der Waals surface area contributed by atoms with Gasteiger partial charge < -0.3 is 18.8 Å². The topological polar surface area (TPSA) is 78.4 Å². The van der Waals surface area contributed by atoms with E-state index in [1.165, 1.54) is 0 Å². The zero-order chi connectivity index (χ0) is 15.7.